The molecule has 1 unspecified atom stereocenters. The fraction of sp³-hybridized carbons (Fsp3) is 0.500. The van der Waals surface area contributed by atoms with Gasteiger partial charge in [-0.15, -0.1) is 0 Å². The minimum Gasteiger partial charge on any atom is -0.508 e. The molecule has 1 rings (SSSR count). The third kappa shape index (κ3) is 5.19. The minimum atomic E-state index is -0.142. The van der Waals surface area contributed by atoms with E-state index in [2.05, 4.69) is 12.2 Å². The molecule has 0 amide bonds. The van der Waals surface area contributed by atoms with E-state index in [1.54, 1.807) is 12.1 Å². The molecule has 0 bridgehead atoms. The van der Waals surface area contributed by atoms with Crippen LogP contribution in [0.3, 0.4) is 0 Å². The van der Waals surface area contributed by atoms with E-state index < -0.39 is 0 Å². The number of aromatic hydroxyl groups is 1. The number of rotatable bonds is 7. The van der Waals surface area contributed by atoms with E-state index in [0.717, 1.165) is 18.5 Å². The Morgan fingerprint density at radius 2 is 2.06 bits per heavy atom. The zero-order valence-electron chi connectivity index (χ0n) is 11.0. The van der Waals surface area contributed by atoms with Crippen LogP contribution in [0.2, 0.25) is 0 Å². The predicted molar refractivity (Wildman–Crippen MR) is 70.4 cm³/mol. The molecule has 18 heavy (non-hydrogen) atoms. The molecule has 0 heterocycles. The highest BCUT2D eigenvalue weighted by molar-refractivity contribution is 5.69. The number of carbonyl (C=O) groups excluding carboxylic acids is 1. The van der Waals surface area contributed by atoms with Gasteiger partial charge in [0.15, 0.2) is 0 Å². The molecule has 0 spiro atoms. The van der Waals surface area contributed by atoms with E-state index >= 15 is 0 Å². The van der Waals surface area contributed by atoms with Crippen LogP contribution in [0.25, 0.3) is 0 Å². The molecule has 100 valence electrons. The number of esters is 1. The first-order chi connectivity index (χ1) is 8.63. The molecule has 1 atom stereocenters. The molecule has 0 radical (unpaired) electrons. The van der Waals surface area contributed by atoms with Gasteiger partial charge in [0.1, 0.15) is 5.75 Å². The summed E-state index contributed by atoms with van der Waals surface area (Å²) in [6.07, 6.45) is 1.21. The summed E-state index contributed by atoms with van der Waals surface area (Å²) in [6, 6.07) is 7.32. The Morgan fingerprint density at radius 3 is 2.67 bits per heavy atom. The van der Waals surface area contributed by atoms with Crippen molar-refractivity contribution in [2.75, 3.05) is 13.2 Å². The summed E-state index contributed by atoms with van der Waals surface area (Å²) in [7, 11) is 0. The Kier molecular flexibility index (Phi) is 6.22. The van der Waals surface area contributed by atoms with E-state index in [1.807, 2.05) is 19.1 Å². The van der Waals surface area contributed by atoms with Crippen LogP contribution in [-0.4, -0.2) is 24.2 Å². The summed E-state index contributed by atoms with van der Waals surface area (Å²) in [5, 5.41) is 12.5. The number of nitrogens with one attached hydrogen (secondary N) is 1. The first-order valence-electron chi connectivity index (χ1n) is 6.31. The van der Waals surface area contributed by atoms with Crippen LogP contribution in [0.5, 0.6) is 5.75 Å². The number of benzene rings is 1. The second-order valence-electron chi connectivity index (χ2n) is 4.18. The lowest BCUT2D eigenvalue weighted by Crippen LogP contribution is -2.20. The van der Waals surface area contributed by atoms with Crippen LogP contribution in [0, 0.1) is 0 Å². The molecule has 0 fully saturated rings. The lowest BCUT2D eigenvalue weighted by Gasteiger charge is -2.14. The minimum absolute atomic E-state index is 0.142. The average molecular weight is 251 g/mol. The van der Waals surface area contributed by atoms with E-state index in [4.69, 9.17) is 4.74 Å². The maximum atomic E-state index is 11.1. The smallest absolute Gasteiger partial charge is 0.305 e. The fourth-order valence-electron chi connectivity index (χ4n) is 1.67. The number of phenolic OH excluding ortho intramolecular Hbond substituents is 1. The Balaban J connectivity index is 2.23. The summed E-state index contributed by atoms with van der Waals surface area (Å²) >= 11 is 0. The van der Waals surface area contributed by atoms with Crippen molar-refractivity contribution >= 4 is 5.97 Å². The third-order valence-electron chi connectivity index (χ3n) is 2.71. The number of hydrogen-bond donors (Lipinski definition) is 2. The van der Waals surface area contributed by atoms with E-state index in [0.29, 0.717) is 13.0 Å². The second kappa shape index (κ2) is 7.71. The number of ether oxygens (including phenoxy) is 1. The Morgan fingerprint density at radius 1 is 1.39 bits per heavy atom. The zero-order valence-corrected chi connectivity index (χ0v) is 11.0. The van der Waals surface area contributed by atoms with Gasteiger partial charge in [-0.25, -0.2) is 0 Å². The van der Waals surface area contributed by atoms with Crippen molar-refractivity contribution in [3.63, 3.8) is 0 Å². The Labute approximate surface area is 108 Å². The molecule has 4 nitrogen and oxygen atoms in total. The molecule has 0 aliphatic carbocycles. The monoisotopic (exact) mass is 251 g/mol. The second-order valence-corrected chi connectivity index (χ2v) is 4.18. The first kappa shape index (κ1) is 14.5. The van der Waals surface area contributed by atoms with E-state index in [9.17, 15) is 9.90 Å². The van der Waals surface area contributed by atoms with Crippen molar-refractivity contribution in [1.82, 2.24) is 5.32 Å². The maximum absolute atomic E-state index is 11.1. The van der Waals surface area contributed by atoms with Gasteiger partial charge in [0, 0.05) is 12.5 Å². The average Bonchev–Trinajstić information content (AvgIpc) is 2.35. The van der Waals surface area contributed by atoms with Gasteiger partial charge >= 0.3 is 5.97 Å². The van der Waals surface area contributed by atoms with Crippen LogP contribution in [0.4, 0.5) is 0 Å². The van der Waals surface area contributed by atoms with Crippen LogP contribution in [0.15, 0.2) is 24.3 Å². The van der Waals surface area contributed by atoms with Gasteiger partial charge in [-0.05, 0) is 44.5 Å². The molecule has 2 N–H and O–H groups in total. The Hall–Kier alpha value is -1.55. The van der Waals surface area contributed by atoms with Crippen molar-refractivity contribution in [3.05, 3.63) is 29.8 Å². The van der Waals surface area contributed by atoms with Gasteiger partial charge in [-0.2, -0.15) is 0 Å². The van der Waals surface area contributed by atoms with Gasteiger partial charge in [0.2, 0.25) is 0 Å². The summed E-state index contributed by atoms with van der Waals surface area (Å²) in [6.45, 7) is 5.07. The van der Waals surface area contributed by atoms with Gasteiger partial charge in [0.05, 0.1) is 6.61 Å². The maximum Gasteiger partial charge on any atom is 0.305 e. The van der Waals surface area contributed by atoms with Gasteiger partial charge < -0.3 is 15.2 Å². The number of phenols is 1. The molecule has 1 aromatic rings. The van der Waals surface area contributed by atoms with Crippen LogP contribution >= 0.6 is 0 Å². The highest BCUT2D eigenvalue weighted by Crippen LogP contribution is 2.16. The summed E-state index contributed by atoms with van der Waals surface area (Å²) in [5.74, 6) is 0.129. The molecule has 1 aromatic carbocycles. The first-order valence-corrected chi connectivity index (χ1v) is 6.31. The number of hydrogen-bond acceptors (Lipinski definition) is 4. The van der Waals surface area contributed by atoms with Gasteiger partial charge in [0.25, 0.3) is 0 Å². The molecule has 0 aliphatic heterocycles. The number of carbonyl (C=O) groups is 1. The van der Waals surface area contributed by atoms with Crippen molar-refractivity contribution in [3.8, 4) is 5.75 Å². The van der Waals surface area contributed by atoms with Crippen LogP contribution in [-0.2, 0) is 9.53 Å². The van der Waals surface area contributed by atoms with Crippen molar-refractivity contribution in [1.29, 1.82) is 0 Å². The summed E-state index contributed by atoms with van der Waals surface area (Å²) in [5.41, 5.74) is 1.11. The zero-order chi connectivity index (χ0) is 13.4. The fourth-order valence-corrected chi connectivity index (χ4v) is 1.67. The molecule has 0 aromatic heterocycles. The quantitative estimate of drug-likeness (QED) is 0.577. The third-order valence-corrected chi connectivity index (χ3v) is 2.71. The molecule has 4 heteroatoms. The topological polar surface area (TPSA) is 58.6 Å². The van der Waals surface area contributed by atoms with Crippen LogP contribution in [0.1, 0.15) is 38.3 Å². The standard InChI is InChI=1S/C14H21NO3/c1-3-18-14(17)5-4-10-15-11(2)12-6-8-13(16)9-7-12/h6-9,11,15-16H,3-5,10H2,1-2H3. The molecule has 0 saturated heterocycles. The lowest BCUT2D eigenvalue weighted by atomic mass is 10.1. The molecule has 0 aliphatic rings. The lowest BCUT2D eigenvalue weighted by molar-refractivity contribution is -0.143. The van der Waals surface area contributed by atoms with Gasteiger partial charge in [-0.3, -0.25) is 4.79 Å². The summed E-state index contributed by atoms with van der Waals surface area (Å²) in [4.78, 5) is 11.1. The highest BCUT2D eigenvalue weighted by atomic mass is 16.5. The van der Waals surface area contributed by atoms with Gasteiger partial charge in [-0.1, -0.05) is 12.1 Å². The Bertz CT molecular complexity index is 362. The summed E-state index contributed by atoms with van der Waals surface area (Å²) < 4.78 is 4.85. The normalized spacial score (nSPS) is 12.1. The van der Waals surface area contributed by atoms with E-state index in [1.165, 1.54) is 0 Å². The molecule has 0 saturated carbocycles. The molecular formula is C14H21NO3. The van der Waals surface area contributed by atoms with E-state index in [-0.39, 0.29) is 17.8 Å². The highest BCUT2D eigenvalue weighted by Gasteiger charge is 2.05. The van der Waals surface area contributed by atoms with Crippen LogP contribution < -0.4 is 5.32 Å². The van der Waals surface area contributed by atoms with Crippen molar-refractivity contribution < 1.29 is 14.6 Å². The predicted octanol–water partition coefficient (Wildman–Crippen LogP) is 2.39. The largest absolute Gasteiger partial charge is 0.508 e. The van der Waals surface area contributed by atoms with Crippen molar-refractivity contribution in [2.24, 2.45) is 0 Å². The SMILES string of the molecule is CCOC(=O)CCCNC(C)c1ccc(O)cc1. The van der Waals surface area contributed by atoms with Crippen molar-refractivity contribution in [2.45, 2.75) is 32.7 Å². The molecular weight excluding hydrogens is 230 g/mol.